The van der Waals surface area contributed by atoms with Crippen LogP contribution < -0.4 is 4.74 Å². The van der Waals surface area contributed by atoms with E-state index in [9.17, 15) is 9.90 Å². The van der Waals surface area contributed by atoms with Crippen LogP contribution in [0.1, 0.15) is 30.4 Å². The van der Waals surface area contributed by atoms with Crippen molar-refractivity contribution < 1.29 is 19.7 Å². The second-order valence-electron chi connectivity index (χ2n) is 4.71. The van der Waals surface area contributed by atoms with E-state index in [0.717, 1.165) is 18.4 Å². The van der Waals surface area contributed by atoms with E-state index in [-0.39, 0.29) is 12.2 Å². The molecule has 1 saturated carbocycles. The average molecular weight is 236 g/mol. The third-order valence-corrected chi connectivity index (χ3v) is 3.35. The zero-order valence-corrected chi connectivity index (χ0v) is 9.99. The van der Waals surface area contributed by atoms with Gasteiger partial charge in [-0.1, -0.05) is 6.07 Å². The number of methoxy groups -OCH3 is 1. The van der Waals surface area contributed by atoms with Crippen molar-refractivity contribution in [3.05, 3.63) is 23.3 Å². The topological polar surface area (TPSA) is 66.8 Å². The number of aryl methyl sites for hydroxylation is 1. The van der Waals surface area contributed by atoms with Crippen LogP contribution in [0.3, 0.4) is 0 Å². The molecule has 1 aromatic rings. The molecule has 0 saturated heterocycles. The SMILES string of the molecule is COc1cc(C)cc(C2(CC(=O)O)CC2)c1O. The minimum Gasteiger partial charge on any atom is -0.504 e. The normalized spacial score (nSPS) is 16.6. The Morgan fingerprint density at radius 3 is 2.59 bits per heavy atom. The van der Waals surface area contributed by atoms with Crippen molar-refractivity contribution in [3.8, 4) is 11.5 Å². The molecule has 1 aliphatic rings. The molecule has 4 nitrogen and oxygen atoms in total. The van der Waals surface area contributed by atoms with Crippen LogP contribution in [-0.4, -0.2) is 23.3 Å². The summed E-state index contributed by atoms with van der Waals surface area (Å²) in [5.41, 5.74) is 1.28. The molecule has 0 heterocycles. The number of phenols is 1. The van der Waals surface area contributed by atoms with Gasteiger partial charge in [0.15, 0.2) is 11.5 Å². The smallest absolute Gasteiger partial charge is 0.304 e. The van der Waals surface area contributed by atoms with Crippen LogP contribution in [0.2, 0.25) is 0 Å². The second kappa shape index (κ2) is 3.95. The van der Waals surface area contributed by atoms with E-state index in [1.807, 2.05) is 13.0 Å². The standard InChI is InChI=1S/C13H16O4/c1-8-5-9(12(16)10(6-8)17-2)13(3-4-13)7-11(14)15/h5-6,16H,3-4,7H2,1-2H3,(H,14,15). The summed E-state index contributed by atoms with van der Waals surface area (Å²) >= 11 is 0. The first kappa shape index (κ1) is 11.8. The molecule has 1 aliphatic carbocycles. The fraction of sp³-hybridized carbons (Fsp3) is 0.462. The van der Waals surface area contributed by atoms with Gasteiger partial charge in [-0.15, -0.1) is 0 Å². The van der Waals surface area contributed by atoms with Gasteiger partial charge in [-0.05, 0) is 31.4 Å². The van der Waals surface area contributed by atoms with Crippen molar-refractivity contribution >= 4 is 5.97 Å². The van der Waals surface area contributed by atoms with Gasteiger partial charge < -0.3 is 14.9 Å². The molecule has 92 valence electrons. The Bertz CT molecular complexity index is 461. The van der Waals surface area contributed by atoms with Gasteiger partial charge in [0, 0.05) is 11.0 Å². The highest BCUT2D eigenvalue weighted by molar-refractivity contribution is 5.71. The number of ether oxygens (including phenoxy) is 1. The Morgan fingerprint density at radius 2 is 2.12 bits per heavy atom. The van der Waals surface area contributed by atoms with Crippen LogP contribution in [0.25, 0.3) is 0 Å². The summed E-state index contributed by atoms with van der Waals surface area (Å²) in [6.45, 7) is 1.91. The number of aromatic hydroxyl groups is 1. The maximum atomic E-state index is 10.9. The predicted octanol–water partition coefficient (Wildman–Crippen LogP) is 2.22. The molecule has 1 aromatic carbocycles. The Kier molecular flexibility index (Phi) is 2.73. The lowest BCUT2D eigenvalue weighted by Crippen LogP contribution is -2.13. The van der Waals surface area contributed by atoms with Crippen molar-refractivity contribution in [1.29, 1.82) is 0 Å². The molecule has 17 heavy (non-hydrogen) atoms. The highest BCUT2D eigenvalue weighted by atomic mass is 16.5. The zero-order chi connectivity index (χ0) is 12.6. The van der Waals surface area contributed by atoms with E-state index < -0.39 is 11.4 Å². The van der Waals surface area contributed by atoms with Crippen LogP contribution in [0.15, 0.2) is 12.1 Å². The molecule has 0 spiro atoms. The van der Waals surface area contributed by atoms with Crippen LogP contribution in [0.4, 0.5) is 0 Å². The van der Waals surface area contributed by atoms with Crippen molar-refractivity contribution in [2.45, 2.75) is 31.6 Å². The highest BCUT2D eigenvalue weighted by Gasteiger charge is 2.48. The Hall–Kier alpha value is -1.71. The van der Waals surface area contributed by atoms with Crippen LogP contribution in [-0.2, 0) is 10.2 Å². The lowest BCUT2D eigenvalue weighted by molar-refractivity contribution is -0.137. The number of benzene rings is 1. The number of hydrogen-bond donors (Lipinski definition) is 2. The third-order valence-electron chi connectivity index (χ3n) is 3.35. The number of phenolic OH excluding ortho intramolecular Hbond substituents is 1. The molecule has 4 heteroatoms. The van der Waals surface area contributed by atoms with Gasteiger partial charge in [0.2, 0.25) is 0 Å². The number of carboxylic acids is 1. The summed E-state index contributed by atoms with van der Waals surface area (Å²) in [6, 6.07) is 3.60. The molecule has 0 unspecified atom stereocenters. The first-order valence-corrected chi connectivity index (χ1v) is 5.58. The molecule has 0 aromatic heterocycles. The quantitative estimate of drug-likeness (QED) is 0.841. The monoisotopic (exact) mass is 236 g/mol. The number of carboxylic acid groups (broad SMARTS) is 1. The predicted molar refractivity (Wildman–Crippen MR) is 62.6 cm³/mol. The van der Waals surface area contributed by atoms with E-state index >= 15 is 0 Å². The molecule has 0 bridgehead atoms. The fourth-order valence-electron chi connectivity index (χ4n) is 2.29. The number of aliphatic carboxylic acids is 1. The second-order valence-corrected chi connectivity index (χ2v) is 4.71. The largest absolute Gasteiger partial charge is 0.504 e. The van der Waals surface area contributed by atoms with Gasteiger partial charge in [-0.2, -0.15) is 0 Å². The highest BCUT2D eigenvalue weighted by Crippen LogP contribution is 2.55. The van der Waals surface area contributed by atoms with Crippen LogP contribution in [0.5, 0.6) is 11.5 Å². The number of rotatable bonds is 4. The third kappa shape index (κ3) is 2.07. The molecule has 2 rings (SSSR count). The van der Waals surface area contributed by atoms with Gasteiger partial charge in [0.25, 0.3) is 0 Å². The minimum atomic E-state index is -0.831. The summed E-state index contributed by atoms with van der Waals surface area (Å²) < 4.78 is 5.10. The molecule has 2 N–H and O–H groups in total. The van der Waals surface area contributed by atoms with E-state index in [1.54, 1.807) is 6.07 Å². The maximum absolute atomic E-state index is 10.9. The molecule has 0 aliphatic heterocycles. The Morgan fingerprint density at radius 1 is 1.47 bits per heavy atom. The minimum absolute atomic E-state index is 0.0627. The first-order valence-electron chi connectivity index (χ1n) is 5.58. The van der Waals surface area contributed by atoms with Gasteiger partial charge in [0.05, 0.1) is 13.5 Å². The van der Waals surface area contributed by atoms with Crippen molar-refractivity contribution in [2.75, 3.05) is 7.11 Å². The molecular weight excluding hydrogens is 220 g/mol. The van der Waals surface area contributed by atoms with Crippen molar-refractivity contribution in [3.63, 3.8) is 0 Å². The van der Waals surface area contributed by atoms with E-state index in [1.165, 1.54) is 7.11 Å². The summed E-state index contributed by atoms with van der Waals surface area (Å²) in [7, 11) is 1.50. The first-order chi connectivity index (χ1) is 7.98. The Labute approximate surface area is 99.8 Å². The molecule has 0 radical (unpaired) electrons. The lowest BCUT2D eigenvalue weighted by atomic mass is 9.90. The Balaban J connectivity index is 2.45. The summed E-state index contributed by atoms with van der Waals surface area (Å²) in [6.07, 6.45) is 1.67. The van der Waals surface area contributed by atoms with E-state index in [2.05, 4.69) is 0 Å². The van der Waals surface area contributed by atoms with Crippen LogP contribution >= 0.6 is 0 Å². The van der Waals surface area contributed by atoms with Gasteiger partial charge in [0.1, 0.15) is 0 Å². The van der Waals surface area contributed by atoms with Crippen molar-refractivity contribution in [2.24, 2.45) is 0 Å². The van der Waals surface area contributed by atoms with Gasteiger partial charge in [-0.25, -0.2) is 0 Å². The summed E-state index contributed by atoms with van der Waals surface area (Å²) in [5, 5.41) is 19.0. The molecular formula is C13H16O4. The molecule has 0 amide bonds. The van der Waals surface area contributed by atoms with E-state index in [4.69, 9.17) is 9.84 Å². The maximum Gasteiger partial charge on any atom is 0.304 e. The zero-order valence-electron chi connectivity index (χ0n) is 9.99. The fourth-order valence-corrected chi connectivity index (χ4v) is 2.29. The van der Waals surface area contributed by atoms with Gasteiger partial charge in [-0.3, -0.25) is 4.79 Å². The molecule has 0 atom stereocenters. The molecule has 1 fully saturated rings. The lowest BCUT2D eigenvalue weighted by Gasteiger charge is -2.17. The average Bonchev–Trinajstić information content (AvgIpc) is 3.00. The summed E-state index contributed by atoms with van der Waals surface area (Å²) in [4.78, 5) is 10.9. The summed E-state index contributed by atoms with van der Waals surface area (Å²) in [5.74, 6) is -0.337. The van der Waals surface area contributed by atoms with Crippen molar-refractivity contribution in [1.82, 2.24) is 0 Å². The van der Waals surface area contributed by atoms with Gasteiger partial charge >= 0.3 is 5.97 Å². The number of hydrogen-bond acceptors (Lipinski definition) is 3. The van der Waals surface area contributed by atoms with E-state index in [0.29, 0.717) is 11.3 Å². The van der Waals surface area contributed by atoms with Crippen LogP contribution in [0, 0.1) is 6.92 Å². The number of carbonyl (C=O) groups is 1.